The minimum atomic E-state index is 1.01. The molecular weight excluding hydrogens is 232 g/mol. The van der Waals surface area contributed by atoms with Crippen LogP contribution in [0.4, 0.5) is 0 Å². The predicted molar refractivity (Wildman–Crippen MR) is 86.1 cm³/mol. The van der Waals surface area contributed by atoms with E-state index in [9.17, 15) is 0 Å². The van der Waals surface area contributed by atoms with Gasteiger partial charge in [-0.1, -0.05) is 32.1 Å². The second-order valence-electron chi connectivity index (χ2n) is 4.73. The van der Waals surface area contributed by atoms with E-state index in [4.69, 9.17) is 0 Å². The molecular formula is C17H28N2. The normalized spacial score (nSPS) is 11.3. The number of hydrogen-bond acceptors (Lipinski definition) is 1. The van der Waals surface area contributed by atoms with Crippen molar-refractivity contribution in [1.29, 1.82) is 0 Å². The molecule has 0 saturated carbocycles. The minimum Gasteiger partial charge on any atom is -0.268 e. The van der Waals surface area contributed by atoms with E-state index in [2.05, 4.69) is 45.1 Å². The molecule has 2 heteroatoms. The predicted octanol–water partition coefficient (Wildman–Crippen LogP) is 5.07. The van der Waals surface area contributed by atoms with Crippen molar-refractivity contribution in [2.24, 2.45) is 7.05 Å². The Labute approximate surface area is 118 Å². The van der Waals surface area contributed by atoms with Gasteiger partial charge in [0, 0.05) is 7.05 Å². The first-order valence-electron chi connectivity index (χ1n) is 6.86. The number of allylic oxidation sites excluding steroid dienone is 4. The summed E-state index contributed by atoms with van der Waals surface area (Å²) in [6.45, 7) is 17.9. The van der Waals surface area contributed by atoms with Crippen LogP contribution in [0, 0.1) is 6.92 Å². The van der Waals surface area contributed by atoms with Gasteiger partial charge in [-0.15, -0.1) is 6.58 Å². The average molecular weight is 260 g/mol. The largest absolute Gasteiger partial charge is 0.268 e. The Hall–Kier alpha value is -1.57. The quantitative estimate of drug-likeness (QED) is 0.546. The van der Waals surface area contributed by atoms with E-state index < -0.39 is 0 Å². The van der Waals surface area contributed by atoms with Crippen molar-refractivity contribution in [3.05, 3.63) is 47.8 Å². The van der Waals surface area contributed by atoms with E-state index >= 15 is 0 Å². The fraction of sp³-hybridized carbons (Fsp3) is 0.471. The summed E-state index contributed by atoms with van der Waals surface area (Å²) < 4.78 is 1.95. The van der Waals surface area contributed by atoms with Gasteiger partial charge < -0.3 is 0 Å². The van der Waals surface area contributed by atoms with Crippen LogP contribution in [0.25, 0.3) is 5.57 Å². The zero-order valence-corrected chi connectivity index (χ0v) is 13.4. The first-order chi connectivity index (χ1) is 8.88. The van der Waals surface area contributed by atoms with Crippen molar-refractivity contribution >= 4 is 5.57 Å². The van der Waals surface area contributed by atoms with Crippen LogP contribution < -0.4 is 0 Å². The third kappa shape index (κ3) is 5.29. The topological polar surface area (TPSA) is 17.8 Å². The highest BCUT2D eigenvalue weighted by atomic mass is 15.3. The highest BCUT2D eigenvalue weighted by Crippen LogP contribution is 2.25. The molecule has 0 radical (unpaired) electrons. The summed E-state index contributed by atoms with van der Waals surface area (Å²) in [7, 11) is 1.99. The third-order valence-electron chi connectivity index (χ3n) is 3.05. The van der Waals surface area contributed by atoms with Crippen LogP contribution in [0.1, 0.15) is 51.9 Å². The van der Waals surface area contributed by atoms with E-state index in [1.54, 1.807) is 0 Å². The SMILES string of the molecule is C=C(C)/C(C)=C(\CC)c1cc(C)nn1C.C=CCC. The summed E-state index contributed by atoms with van der Waals surface area (Å²) in [4.78, 5) is 0. The fourth-order valence-electron chi connectivity index (χ4n) is 1.79. The molecule has 0 amide bonds. The second kappa shape index (κ2) is 8.52. The maximum absolute atomic E-state index is 4.37. The van der Waals surface area contributed by atoms with Crippen LogP contribution in [0.5, 0.6) is 0 Å². The van der Waals surface area contributed by atoms with Crippen LogP contribution in [0.15, 0.2) is 36.4 Å². The van der Waals surface area contributed by atoms with Gasteiger partial charge in [-0.3, -0.25) is 4.68 Å². The van der Waals surface area contributed by atoms with E-state index in [1.165, 1.54) is 16.8 Å². The molecule has 106 valence electrons. The van der Waals surface area contributed by atoms with Gasteiger partial charge in [-0.05, 0) is 50.8 Å². The van der Waals surface area contributed by atoms with Gasteiger partial charge in [0.1, 0.15) is 0 Å². The lowest BCUT2D eigenvalue weighted by Gasteiger charge is -2.10. The molecule has 0 bridgehead atoms. The van der Waals surface area contributed by atoms with Gasteiger partial charge in [0.25, 0.3) is 0 Å². The Morgan fingerprint density at radius 1 is 1.37 bits per heavy atom. The molecule has 1 rings (SSSR count). The van der Waals surface area contributed by atoms with E-state index in [0.717, 1.165) is 24.1 Å². The summed E-state index contributed by atoms with van der Waals surface area (Å²) in [5.41, 5.74) is 6.01. The zero-order valence-electron chi connectivity index (χ0n) is 13.4. The van der Waals surface area contributed by atoms with Gasteiger partial charge in [-0.25, -0.2) is 0 Å². The second-order valence-corrected chi connectivity index (χ2v) is 4.73. The molecule has 0 aromatic carbocycles. The van der Waals surface area contributed by atoms with Gasteiger partial charge in [0.2, 0.25) is 0 Å². The van der Waals surface area contributed by atoms with Crippen LogP contribution in [0.2, 0.25) is 0 Å². The van der Waals surface area contributed by atoms with Crippen molar-refractivity contribution in [3.63, 3.8) is 0 Å². The van der Waals surface area contributed by atoms with Crippen LogP contribution in [-0.4, -0.2) is 9.78 Å². The van der Waals surface area contributed by atoms with Crippen LogP contribution in [0.3, 0.4) is 0 Å². The standard InChI is InChI=1S/C13H20N2.C4H8/c1-7-12(11(5)9(2)3)13-8-10(4)14-15(13)6;1-3-4-2/h8H,2,7H2,1,3-6H3;3H,1,4H2,2H3/b12-11+;. The molecule has 0 N–H and O–H groups in total. The number of hydrogen-bond donors (Lipinski definition) is 0. The van der Waals surface area contributed by atoms with E-state index in [0.29, 0.717) is 0 Å². The van der Waals surface area contributed by atoms with Crippen molar-refractivity contribution in [3.8, 4) is 0 Å². The lowest BCUT2D eigenvalue weighted by molar-refractivity contribution is 0.742. The lowest BCUT2D eigenvalue weighted by atomic mass is 9.99. The van der Waals surface area contributed by atoms with Gasteiger partial charge in [-0.2, -0.15) is 5.10 Å². The zero-order chi connectivity index (χ0) is 15.0. The molecule has 0 spiro atoms. The Bertz CT molecular complexity index is 462. The summed E-state index contributed by atoms with van der Waals surface area (Å²) in [6.07, 6.45) is 3.97. The molecule has 0 saturated heterocycles. The average Bonchev–Trinajstić information content (AvgIpc) is 2.69. The highest BCUT2D eigenvalue weighted by Gasteiger charge is 2.09. The monoisotopic (exact) mass is 260 g/mol. The molecule has 2 nitrogen and oxygen atoms in total. The third-order valence-corrected chi connectivity index (χ3v) is 3.05. The maximum atomic E-state index is 4.37. The Balaban J connectivity index is 0.000000711. The van der Waals surface area contributed by atoms with Crippen molar-refractivity contribution in [2.75, 3.05) is 0 Å². The number of aryl methyl sites for hydroxylation is 2. The van der Waals surface area contributed by atoms with Gasteiger partial charge >= 0.3 is 0 Å². The molecule has 0 atom stereocenters. The molecule has 1 aromatic rings. The Morgan fingerprint density at radius 2 is 1.89 bits per heavy atom. The molecule has 0 aliphatic heterocycles. The summed E-state index contributed by atoms with van der Waals surface area (Å²) >= 11 is 0. The molecule has 0 unspecified atom stereocenters. The molecule has 1 aromatic heterocycles. The summed E-state index contributed by atoms with van der Waals surface area (Å²) in [5, 5.41) is 4.37. The van der Waals surface area contributed by atoms with Crippen LogP contribution in [-0.2, 0) is 7.05 Å². The van der Waals surface area contributed by atoms with Crippen molar-refractivity contribution < 1.29 is 0 Å². The number of aromatic nitrogens is 2. The number of rotatable bonds is 4. The van der Waals surface area contributed by atoms with Crippen molar-refractivity contribution in [2.45, 2.75) is 47.5 Å². The summed E-state index contributed by atoms with van der Waals surface area (Å²) in [6, 6.07) is 2.13. The fourth-order valence-corrected chi connectivity index (χ4v) is 1.79. The van der Waals surface area contributed by atoms with Crippen LogP contribution >= 0.6 is 0 Å². The first kappa shape index (κ1) is 17.4. The number of nitrogens with zero attached hydrogens (tertiary/aromatic N) is 2. The van der Waals surface area contributed by atoms with E-state index in [1.807, 2.05) is 31.7 Å². The van der Waals surface area contributed by atoms with Gasteiger partial charge in [0.05, 0.1) is 11.4 Å². The highest BCUT2D eigenvalue weighted by molar-refractivity contribution is 5.69. The van der Waals surface area contributed by atoms with Gasteiger partial charge in [0.15, 0.2) is 0 Å². The smallest absolute Gasteiger partial charge is 0.0643 e. The molecule has 0 aliphatic carbocycles. The van der Waals surface area contributed by atoms with E-state index in [-0.39, 0.29) is 0 Å². The lowest BCUT2D eigenvalue weighted by Crippen LogP contribution is -1.99. The molecule has 0 fully saturated rings. The Morgan fingerprint density at radius 3 is 2.16 bits per heavy atom. The maximum Gasteiger partial charge on any atom is 0.0643 e. The summed E-state index contributed by atoms with van der Waals surface area (Å²) in [5.74, 6) is 0. The minimum absolute atomic E-state index is 1.01. The molecule has 1 heterocycles. The van der Waals surface area contributed by atoms with Crippen molar-refractivity contribution in [1.82, 2.24) is 9.78 Å². The molecule has 19 heavy (non-hydrogen) atoms. The Kier molecular flexibility index (Phi) is 7.81. The molecule has 0 aliphatic rings. The first-order valence-corrected chi connectivity index (χ1v) is 6.86.